The molecule has 6 nitrogen and oxygen atoms in total. The lowest BCUT2D eigenvalue weighted by atomic mass is 9.90. The van der Waals surface area contributed by atoms with Gasteiger partial charge in [-0.15, -0.1) is 0 Å². The summed E-state index contributed by atoms with van der Waals surface area (Å²) in [7, 11) is 0. The van der Waals surface area contributed by atoms with E-state index in [1.165, 1.54) is 12.3 Å². The van der Waals surface area contributed by atoms with Gasteiger partial charge in [0, 0.05) is 30.9 Å². The predicted octanol–water partition coefficient (Wildman–Crippen LogP) is 3.01. The maximum absolute atomic E-state index is 11.1. The zero-order valence-electron chi connectivity index (χ0n) is 14.7. The van der Waals surface area contributed by atoms with Gasteiger partial charge in [0.15, 0.2) is 0 Å². The van der Waals surface area contributed by atoms with E-state index in [1.807, 2.05) is 24.4 Å². The van der Waals surface area contributed by atoms with E-state index in [0.717, 1.165) is 17.0 Å². The smallest absolute Gasteiger partial charge is 0.335 e. The number of nitrogens with one attached hydrogen (secondary N) is 1. The Morgan fingerprint density at radius 3 is 2.76 bits per heavy atom. The van der Waals surface area contributed by atoms with Crippen LogP contribution in [0.25, 0.3) is 5.65 Å². The highest BCUT2D eigenvalue weighted by Gasteiger charge is 2.23. The van der Waals surface area contributed by atoms with E-state index in [1.54, 1.807) is 6.07 Å². The first kappa shape index (κ1) is 17.1. The Balaban J connectivity index is 1.81. The third kappa shape index (κ3) is 3.69. The summed E-state index contributed by atoms with van der Waals surface area (Å²) >= 11 is 0. The van der Waals surface area contributed by atoms with Crippen molar-refractivity contribution in [1.29, 1.82) is 0 Å². The molecule has 0 unspecified atom stereocenters. The van der Waals surface area contributed by atoms with Gasteiger partial charge in [-0.25, -0.2) is 9.78 Å². The maximum Gasteiger partial charge on any atom is 0.335 e. The monoisotopic (exact) mass is 338 g/mol. The Morgan fingerprint density at radius 2 is 2.04 bits per heavy atom. The van der Waals surface area contributed by atoms with Crippen molar-refractivity contribution in [3.63, 3.8) is 0 Å². The van der Waals surface area contributed by atoms with Crippen LogP contribution in [0.3, 0.4) is 0 Å². The van der Waals surface area contributed by atoms with Crippen molar-refractivity contribution < 1.29 is 9.90 Å². The molecule has 130 valence electrons. The fraction of sp³-hybridized carbons (Fsp3) is 0.316. The van der Waals surface area contributed by atoms with Crippen molar-refractivity contribution in [2.75, 3.05) is 0 Å². The molecule has 0 atom stereocenters. The molecule has 0 fully saturated rings. The van der Waals surface area contributed by atoms with Crippen LogP contribution in [0.4, 0.5) is 0 Å². The highest BCUT2D eigenvalue weighted by Crippen LogP contribution is 2.26. The number of rotatable bonds is 5. The Kier molecular flexibility index (Phi) is 4.55. The standard InChI is InChI=1S/C19H22N4O2/c1-19(2,3)17-15(23-9-5-4-6-16(23)22-17)12-20-11-14-10-13(18(24)25)7-8-21-14/h4-10,20H,11-12H2,1-3H3,(H,24,25). The molecule has 25 heavy (non-hydrogen) atoms. The van der Waals surface area contributed by atoms with Crippen molar-refractivity contribution in [2.45, 2.75) is 39.3 Å². The van der Waals surface area contributed by atoms with Crippen molar-refractivity contribution in [1.82, 2.24) is 19.7 Å². The van der Waals surface area contributed by atoms with Crippen LogP contribution < -0.4 is 5.32 Å². The van der Waals surface area contributed by atoms with Gasteiger partial charge in [0.25, 0.3) is 0 Å². The van der Waals surface area contributed by atoms with E-state index in [-0.39, 0.29) is 11.0 Å². The number of fused-ring (bicyclic) bond motifs is 1. The zero-order valence-corrected chi connectivity index (χ0v) is 14.7. The molecule has 0 saturated heterocycles. The van der Waals surface area contributed by atoms with E-state index < -0.39 is 5.97 Å². The number of aromatic carboxylic acids is 1. The van der Waals surface area contributed by atoms with E-state index in [2.05, 4.69) is 35.5 Å². The maximum atomic E-state index is 11.1. The molecule has 2 N–H and O–H groups in total. The second-order valence-corrected chi connectivity index (χ2v) is 7.03. The fourth-order valence-electron chi connectivity index (χ4n) is 2.83. The number of hydrogen-bond acceptors (Lipinski definition) is 4. The minimum Gasteiger partial charge on any atom is -0.478 e. The summed E-state index contributed by atoms with van der Waals surface area (Å²) in [5, 5.41) is 12.4. The van der Waals surface area contributed by atoms with Crippen LogP contribution in [0.15, 0.2) is 42.7 Å². The minimum absolute atomic E-state index is 0.0650. The van der Waals surface area contributed by atoms with E-state index >= 15 is 0 Å². The number of aromatic nitrogens is 3. The quantitative estimate of drug-likeness (QED) is 0.747. The van der Waals surface area contributed by atoms with Crippen LogP contribution in [0.2, 0.25) is 0 Å². The Labute approximate surface area is 146 Å². The average molecular weight is 338 g/mol. The number of carboxylic acids is 1. The van der Waals surface area contributed by atoms with Gasteiger partial charge < -0.3 is 14.8 Å². The number of pyridine rings is 2. The summed E-state index contributed by atoms with van der Waals surface area (Å²) in [4.78, 5) is 20.1. The Bertz CT molecular complexity index is 909. The molecule has 3 aromatic rings. The Hall–Kier alpha value is -2.73. The molecule has 0 aliphatic carbocycles. The first-order valence-corrected chi connectivity index (χ1v) is 8.21. The molecule has 3 rings (SSSR count). The first-order valence-electron chi connectivity index (χ1n) is 8.21. The average Bonchev–Trinajstić information content (AvgIpc) is 2.94. The largest absolute Gasteiger partial charge is 0.478 e. The van der Waals surface area contributed by atoms with Gasteiger partial charge in [-0.05, 0) is 24.3 Å². The van der Waals surface area contributed by atoms with Crippen LogP contribution in [0, 0.1) is 0 Å². The molecule has 6 heteroatoms. The molecule has 0 saturated carbocycles. The molecule has 0 amide bonds. The third-order valence-electron chi connectivity index (χ3n) is 4.00. The molecule has 0 spiro atoms. The molecule has 0 bridgehead atoms. The summed E-state index contributed by atoms with van der Waals surface area (Å²) in [5.41, 5.74) is 3.97. The summed E-state index contributed by atoms with van der Waals surface area (Å²) in [6.07, 6.45) is 3.53. The normalized spacial score (nSPS) is 11.8. The topological polar surface area (TPSA) is 79.5 Å². The van der Waals surface area contributed by atoms with Crippen molar-refractivity contribution in [3.05, 3.63) is 65.4 Å². The van der Waals surface area contributed by atoms with Crippen LogP contribution in [-0.2, 0) is 18.5 Å². The molecule has 0 aliphatic heterocycles. The second-order valence-electron chi connectivity index (χ2n) is 7.03. The lowest BCUT2D eigenvalue weighted by molar-refractivity contribution is 0.0696. The fourth-order valence-corrected chi connectivity index (χ4v) is 2.83. The molecule has 0 aliphatic rings. The van der Waals surface area contributed by atoms with Gasteiger partial charge in [-0.3, -0.25) is 4.98 Å². The van der Waals surface area contributed by atoms with Gasteiger partial charge in [0.2, 0.25) is 0 Å². The number of carboxylic acid groups (broad SMARTS) is 1. The van der Waals surface area contributed by atoms with Gasteiger partial charge in [-0.1, -0.05) is 26.8 Å². The van der Waals surface area contributed by atoms with Gasteiger partial charge >= 0.3 is 5.97 Å². The lowest BCUT2D eigenvalue weighted by Gasteiger charge is -2.18. The number of nitrogens with zero attached hydrogens (tertiary/aromatic N) is 3. The number of imidazole rings is 1. The molecular weight excluding hydrogens is 316 g/mol. The van der Waals surface area contributed by atoms with Crippen molar-refractivity contribution >= 4 is 11.6 Å². The lowest BCUT2D eigenvalue weighted by Crippen LogP contribution is -2.20. The summed E-state index contributed by atoms with van der Waals surface area (Å²) in [6, 6.07) is 9.05. The third-order valence-corrected chi connectivity index (χ3v) is 4.00. The van der Waals surface area contributed by atoms with Crippen LogP contribution >= 0.6 is 0 Å². The highest BCUT2D eigenvalue weighted by molar-refractivity contribution is 5.87. The predicted molar refractivity (Wildman–Crippen MR) is 95.6 cm³/mol. The molecular formula is C19H22N4O2. The van der Waals surface area contributed by atoms with Gasteiger partial charge in [0.1, 0.15) is 5.65 Å². The van der Waals surface area contributed by atoms with E-state index in [9.17, 15) is 4.79 Å². The van der Waals surface area contributed by atoms with Crippen molar-refractivity contribution in [3.8, 4) is 0 Å². The molecule has 3 heterocycles. The molecule has 0 radical (unpaired) electrons. The van der Waals surface area contributed by atoms with Crippen molar-refractivity contribution in [2.24, 2.45) is 0 Å². The van der Waals surface area contributed by atoms with Gasteiger partial charge in [-0.2, -0.15) is 0 Å². The Morgan fingerprint density at radius 1 is 1.24 bits per heavy atom. The zero-order chi connectivity index (χ0) is 18.0. The van der Waals surface area contributed by atoms with Gasteiger partial charge in [0.05, 0.1) is 22.6 Å². The highest BCUT2D eigenvalue weighted by atomic mass is 16.4. The number of hydrogen-bond donors (Lipinski definition) is 2. The molecule has 0 aromatic carbocycles. The van der Waals surface area contributed by atoms with E-state index in [0.29, 0.717) is 18.8 Å². The summed E-state index contributed by atoms with van der Waals surface area (Å²) in [6.45, 7) is 7.56. The van der Waals surface area contributed by atoms with Crippen LogP contribution in [-0.4, -0.2) is 25.4 Å². The second kappa shape index (κ2) is 6.64. The minimum atomic E-state index is -0.944. The number of carbonyl (C=O) groups is 1. The summed E-state index contributed by atoms with van der Waals surface area (Å²) < 4.78 is 2.09. The van der Waals surface area contributed by atoms with E-state index in [4.69, 9.17) is 10.1 Å². The van der Waals surface area contributed by atoms with Crippen LogP contribution in [0.1, 0.15) is 48.2 Å². The SMILES string of the molecule is CC(C)(C)c1nc2ccccn2c1CNCc1cc(C(=O)O)ccn1. The first-order chi connectivity index (χ1) is 11.9. The summed E-state index contributed by atoms with van der Waals surface area (Å²) in [5.74, 6) is -0.944. The van der Waals surface area contributed by atoms with Crippen LogP contribution in [0.5, 0.6) is 0 Å². The molecule has 3 aromatic heterocycles.